The third-order valence-corrected chi connectivity index (χ3v) is 5.64. The number of hydrogen-bond donors (Lipinski definition) is 0. The molecule has 1 aliphatic heterocycles. The van der Waals surface area contributed by atoms with Gasteiger partial charge in [0.05, 0.1) is 12.3 Å². The molecule has 168 valence electrons. The fourth-order valence-corrected chi connectivity index (χ4v) is 3.99. The Morgan fingerprint density at radius 1 is 0.879 bits per heavy atom. The first-order chi connectivity index (χ1) is 15.8. The van der Waals surface area contributed by atoms with Gasteiger partial charge in [-0.1, -0.05) is 18.2 Å². The fourth-order valence-electron chi connectivity index (χ4n) is 3.99. The van der Waals surface area contributed by atoms with Crippen molar-refractivity contribution in [3.63, 3.8) is 0 Å². The lowest BCUT2D eigenvalue weighted by Crippen LogP contribution is -2.55. The Balaban J connectivity index is 1.75. The second-order valence-electron chi connectivity index (χ2n) is 7.77. The highest BCUT2D eigenvalue weighted by molar-refractivity contribution is 6.39. The third kappa shape index (κ3) is 3.93. The molecule has 0 radical (unpaired) electrons. The van der Waals surface area contributed by atoms with Crippen molar-refractivity contribution in [3.8, 4) is 11.4 Å². The SMILES string of the molecule is CCOc1ccc(-n2c(C)cc(/C=C3\C(=O)N(C)C(=O)N(c4ccccc4)C3=O)c2C)cc1. The maximum absolute atomic E-state index is 13.2. The standard InChI is InChI=1S/C26H25N3O4/c1-5-33-22-13-11-21(12-14-22)28-17(2)15-19(18(28)3)16-23-24(30)27(4)26(32)29(25(23)31)20-9-7-6-8-10-20/h6-16H,5H2,1-4H3/b23-16+. The highest BCUT2D eigenvalue weighted by atomic mass is 16.5. The number of aromatic nitrogens is 1. The summed E-state index contributed by atoms with van der Waals surface area (Å²) in [5.41, 5.74) is 3.84. The van der Waals surface area contributed by atoms with Crippen LogP contribution in [-0.4, -0.2) is 41.0 Å². The predicted octanol–water partition coefficient (Wildman–Crippen LogP) is 4.50. The molecule has 7 nitrogen and oxygen atoms in total. The first-order valence-corrected chi connectivity index (χ1v) is 10.7. The van der Waals surface area contributed by atoms with Crippen LogP contribution in [0.3, 0.4) is 0 Å². The van der Waals surface area contributed by atoms with E-state index in [-0.39, 0.29) is 5.57 Å². The van der Waals surface area contributed by atoms with Crippen LogP contribution in [0.1, 0.15) is 23.9 Å². The van der Waals surface area contributed by atoms with Crippen molar-refractivity contribution in [2.45, 2.75) is 20.8 Å². The molecular weight excluding hydrogens is 418 g/mol. The minimum atomic E-state index is -0.673. The molecule has 0 N–H and O–H groups in total. The van der Waals surface area contributed by atoms with Crippen molar-refractivity contribution in [2.75, 3.05) is 18.6 Å². The molecule has 0 aliphatic carbocycles. The molecule has 33 heavy (non-hydrogen) atoms. The van der Waals surface area contributed by atoms with Gasteiger partial charge in [-0.25, -0.2) is 9.69 Å². The number of para-hydroxylation sites is 1. The molecule has 1 saturated heterocycles. The van der Waals surface area contributed by atoms with Crippen molar-refractivity contribution >= 4 is 29.6 Å². The second-order valence-corrected chi connectivity index (χ2v) is 7.77. The summed E-state index contributed by atoms with van der Waals surface area (Å²) in [4.78, 5) is 40.8. The van der Waals surface area contributed by atoms with Crippen molar-refractivity contribution in [1.29, 1.82) is 0 Å². The van der Waals surface area contributed by atoms with E-state index in [1.54, 1.807) is 36.4 Å². The zero-order valence-electron chi connectivity index (χ0n) is 19.0. The van der Waals surface area contributed by atoms with Gasteiger partial charge in [-0.15, -0.1) is 0 Å². The largest absolute Gasteiger partial charge is 0.494 e. The normalized spacial score (nSPS) is 15.5. The molecule has 1 fully saturated rings. The average Bonchev–Trinajstić information content (AvgIpc) is 3.09. The highest BCUT2D eigenvalue weighted by Crippen LogP contribution is 2.28. The summed E-state index contributed by atoms with van der Waals surface area (Å²) in [6, 6.07) is 17.6. The van der Waals surface area contributed by atoms with Crippen molar-refractivity contribution in [1.82, 2.24) is 9.47 Å². The quantitative estimate of drug-likeness (QED) is 0.430. The molecular formula is C26H25N3O4. The number of amides is 4. The summed E-state index contributed by atoms with van der Waals surface area (Å²) in [5.74, 6) is -0.471. The van der Waals surface area contributed by atoms with E-state index in [0.29, 0.717) is 12.3 Å². The zero-order chi connectivity index (χ0) is 23.7. The summed E-state index contributed by atoms with van der Waals surface area (Å²) < 4.78 is 7.57. The van der Waals surface area contributed by atoms with Gasteiger partial charge in [-0.05, 0) is 74.9 Å². The lowest BCUT2D eigenvalue weighted by atomic mass is 10.1. The molecule has 4 amide bonds. The number of carbonyl (C=O) groups excluding carboxylic acids is 3. The van der Waals surface area contributed by atoms with Crippen molar-refractivity contribution in [2.24, 2.45) is 0 Å². The van der Waals surface area contributed by atoms with Crippen LogP contribution < -0.4 is 9.64 Å². The van der Waals surface area contributed by atoms with Crippen LogP contribution in [0.2, 0.25) is 0 Å². The summed E-state index contributed by atoms with van der Waals surface area (Å²) >= 11 is 0. The summed E-state index contributed by atoms with van der Waals surface area (Å²) in [5, 5.41) is 0. The van der Waals surface area contributed by atoms with Crippen molar-refractivity contribution < 1.29 is 19.1 Å². The summed E-state index contributed by atoms with van der Waals surface area (Å²) in [6.07, 6.45) is 1.57. The first-order valence-electron chi connectivity index (χ1n) is 10.7. The number of rotatable bonds is 5. The fraction of sp³-hybridized carbons (Fsp3) is 0.192. The molecule has 7 heteroatoms. The van der Waals surface area contributed by atoms with Gasteiger partial charge in [0, 0.05) is 24.1 Å². The molecule has 0 bridgehead atoms. The number of hydrogen-bond acceptors (Lipinski definition) is 4. The zero-order valence-corrected chi connectivity index (χ0v) is 19.0. The molecule has 0 unspecified atom stereocenters. The van der Waals surface area contributed by atoms with Gasteiger partial charge in [0.25, 0.3) is 11.8 Å². The van der Waals surface area contributed by atoms with E-state index < -0.39 is 17.8 Å². The molecule has 1 aromatic heterocycles. The van der Waals surface area contributed by atoms with Gasteiger partial charge in [0.15, 0.2) is 0 Å². The van der Waals surface area contributed by atoms with Crippen LogP contribution in [0.25, 0.3) is 11.8 Å². The lowest BCUT2D eigenvalue weighted by molar-refractivity contribution is -0.128. The molecule has 0 atom stereocenters. The average molecular weight is 444 g/mol. The van der Waals surface area contributed by atoms with Crippen molar-refractivity contribution in [3.05, 3.63) is 83.2 Å². The van der Waals surface area contributed by atoms with Gasteiger partial charge in [0.2, 0.25) is 0 Å². The number of carbonyl (C=O) groups is 3. The monoisotopic (exact) mass is 443 g/mol. The second kappa shape index (κ2) is 8.78. The van der Waals surface area contributed by atoms with E-state index in [9.17, 15) is 14.4 Å². The Bertz CT molecular complexity index is 1260. The minimum absolute atomic E-state index is 0.0621. The Morgan fingerprint density at radius 2 is 1.55 bits per heavy atom. The molecule has 3 aromatic rings. The molecule has 1 aliphatic rings. The van der Waals surface area contributed by atoms with Crippen LogP contribution in [0, 0.1) is 13.8 Å². The predicted molar refractivity (Wildman–Crippen MR) is 126 cm³/mol. The maximum atomic E-state index is 13.2. The topological polar surface area (TPSA) is 71.8 Å². The maximum Gasteiger partial charge on any atom is 0.338 e. The lowest BCUT2D eigenvalue weighted by Gasteiger charge is -2.31. The summed E-state index contributed by atoms with van der Waals surface area (Å²) in [7, 11) is 1.38. The number of benzene rings is 2. The van der Waals surface area contributed by atoms with Gasteiger partial charge >= 0.3 is 6.03 Å². The molecule has 2 heterocycles. The smallest absolute Gasteiger partial charge is 0.338 e. The van der Waals surface area contributed by atoms with E-state index >= 15 is 0 Å². The summed E-state index contributed by atoms with van der Waals surface area (Å²) in [6.45, 7) is 6.42. The van der Waals surface area contributed by atoms with E-state index in [1.165, 1.54) is 7.05 Å². The van der Waals surface area contributed by atoms with E-state index in [0.717, 1.165) is 38.2 Å². The van der Waals surface area contributed by atoms with Crippen LogP contribution in [0.4, 0.5) is 10.5 Å². The van der Waals surface area contributed by atoms with E-state index in [2.05, 4.69) is 0 Å². The van der Waals surface area contributed by atoms with Gasteiger partial charge in [0.1, 0.15) is 11.3 Å². The molecule has 0 spiro atoms. The Labute approximate surface area is 192 Å². The number of nitrogens with zero attached hydrogens (tertiary/aromatic N) is 3. The van der Waals surface area contributed by atoms with Gasteiger partial charge in [-0.3, -0.25) is 14.5 Å². The van der Waals surface area contributed by atoms with Crippen LogP contribution in [0.5, 0.6) is 5.75 Å². The van der Waals surface area contributed by atoms with Crippen LogP contribution in [-0.2, 0) is 9.59 Å². The first kappa shape index (κ1) is 22.1. The van der Waals surface area contributed by atoms with Crippen LogP contribution >= 0.6 is 0 Å². The molecule has 2 aromatic carbocycles. The Hall–Kier alpha value is -4.13. The van der Waals surface area contributed by atoms with Crippen LogP contribution in [0.15, 0.2) is 66.2 Å². The third-order valence-electron chi connectivity index (χ3n) is 5.64. The Morgan fingerprint density at radius 3 is 2.18 bits per heavy atom. The minimum Gasteiger partial charge on any atom is -0.494 e. The number of likely N-dealkylation sites (N-methyl/N-ethyl adjacent to an activating group) is 1. The van der Waals surface area contributed by atoms with Gasteiger partial charge in [-0.2, -0.15) is 0 Å². The van der Waals surface area contributed by atoms with E-state index in [1.807, 2.05) is 55.7 Å². The van der Waals surface area contributed by atoms with Gasteiger partial charge < -0.3 is 9.30 Å². The number of imide groups is 2. The Kier molecular flexibility index (Phi) is 5.87. The number of barbiturate groups is 1. The number of aryl methyl sites for hydroxylation is 1. The van der Waals surface area contributed by atoms with E-state index in [4.69, 9.17) is 4.74 Å². The number of urea groups is 1. The number of ether oxygens (including phenoxy) is 1. The molecule has 4 rings (SSSR count). The molecule has 0 saturated carbocycles. The number of anilines is 1. The highest BCUT2D eigenvalue weighted by Gasteiger charge is 2.41.